The molecular formula is C12H17F2N. The monoisotopic (exact) mass is 213 g/mol. The highest BCUT2D eigenvalue weighted by Crippen LogP contribution is 2.15. The highest BCUT2D eigenvalue weighted by molar-refractivity contribution is 5.44. The van der Waals surface area contributed by atoms with E-state index in [4.69, 9.17) is 0 Å². The topological polar surface area (TPSA) is 12.0 Å². The van der Waals surface area contributed by atoms with Gasteiger partial charge in [0.2, 0.25) is 0 Å². The van der Waals surface area contributed by atoms with E-state index in [-0.39, 0.29) is 0 Å². The predicted octanol–water partition coefficient (Wildman–Crippen LogP) is 3.81. The second-order valence-electron chi connectivity index (χ2n) is 4.09. The molecule has 15 heavy (non-hydrogen) atoms. The van der Waals surface area contributed by atoms with Gasteiger partial charge in [-0.2, -0.15) is 0 Å². The van der Waals surface area contributed by atoms with E-state index in [9.17, 15) is 8.78 Å². The minimum atomic E-state index is -0.541. The summed E-state index contributed by atoms with van der Waals surface area (Å²) in [6, 6.07) is 3.58. The third-order valence-electron chi connectivity index (χ3n) is 2.20. The van der Waals surface area contributed by atoms with Crippen molar-refractivity contribution in [1.82, 2.24) is 0 Å². The zero-order valence-electron chi connectivity index (χ0n) is 9.19. The predicted molar refractivity (Wildman–Crippen MR) is 58.9 cm³/mol. The van der Waals surface area contributed by atoms with Crippen molar-refractivity contribution in [1.29, 1.82) is 0 Å². The molecule has 3 heteroatoms. The summed E-state index contributed by atoms with van der Waals surface area (Å²) in [5, 5.41) is 2.95. The Morgan fingerprint density at radius 3 is 2.60 bits per heavy atom. The van der Waals surface area contributed by atoms with Gasteiger partial charge in [-0.3, -0.25) is 0 Å². The smallest absolute Gasteiger partial charge is 0.149 e. The Labute approximate surface area is 89.5 Å². The third kappa shape index (κ3) is 4.28. The molecule has 0 saturated carbocycles. The summed E-state index contributed by atoms with van der Waals surface area (Å²) in [5.41, 5.74) is 0.375. The molecule has 0 heterocycles. The van der Waals surface area contributed by atoms with Gasteiger partial charge in [-0.25, -0.2) is 8.78 Å². The van der Waals surface area contributed by atoms with Crippen LogP contribution >= 0.6 is 0 Å². The average Bonchev–Trinajstić information content (AvgIpc) is 2.14. The molecule has 0 bridgehead atoms. The molecule has 0 unspecified atom stereocenters. The van der Waals surface area contributed by atoms with E-state index in [1.807, 2.05) is 0 Å². The first-order valence-electron chi connectivity index (χ1n) is 5.28. The van der Waals surface area contributed by atoms with Gasteiger partial charge in [0.05, 0.1) is 5.69 Å². The minimum absolute atomic E-state index is 0.375. The summed E-state index contributed by atoms with van der Waals surface area (Å²) in [5.74, 6) is -0.412. The SMILES string of the molecule is CC(C)CCCNc1ccc(F)cc1F. The van der Waals surface area contributed by atoms with Crippen molar-refractivity contribution in [2.75, 3.05) is 11.9 Å². The number of hydrogen-bond donors (Lipinski definition) is 1. The molecule has 0 aromatic heterocycles. The van der Waals surface area contributed by atoms with Crippen molar-refractivity contribution >= 4 is 5.69 Å². The van der Waals surface area contributed by atoms with Gasteiger partial charge in [0.1, 0.15) is 11.6 Å². The fourth-order valence-electron chi connectivity index (χ4n) is 1.37. The van der Waals surface area contributed by atoms with E-state index >= 15 is 0 Å². The number of nitrogens with one attached hydrogen (secondary N) is 1. The van der Waals surface area contributed by atoms with E-state index in [0.717, 1.165) is 25.5 Å². The molecule has 1 N–H and O–H groups in total. The molecule has 0 aliphatic carbocycles. The van der Waals surface area contributed by atoms with Crippen LogP contribution in [0.4, 0.5) is 14.5 Å². The van der Waals surface area contributed by atoms with Crippen LogP contribution in [0.25, 0.3) is 0 Å². The lowest BCUT2D eigenvalue weighted by atomic mass is 10.1. The molecule has 0 aliphatic rings. The van der Waals surface area contributed by atoms with E-state index < -0.39 is 11.6 Å². The maximum absolute atomic E-state index is 13.1. The van der Waals surface area contributed by atoms with Crippen molar-refractivity contribution in [3.63, 3.8) is 0 Å². The second kappa shape index (κ2) is 5.69. The standard InChI is InChI=1S/C12H17F2N/c1-9(2)4-3-7-15-12-6-5-10(13)8-11(12)14/h5-6,8-9,15H,3-4,7H2,1-2H3. The van der Waals surface area contributed by atoms with Crippen LogP contribution < -0.4 is 5.32 Å². The summed E-state index contributed by atoms with van der Waals surface area (Å²) < 4.78 is 25.7. The van der Waals surface area contributed by atoms with Crippen LogP contribution in [0, 0.1) is 17.6 Å². The summed E-state index contributed by atoms with van der Waals surface area (Å²) in [4.78, 5) is 0. The van der Waals surface area contributed by atoms with Crippen molar-refractivity contribution < 1.29 is 8.78 Å². The fourth-order valence-corrected chi connectivity index (χ4v) is 1.37. The Morgan fingerprint density at radius 1 is 1.27 bits per heavy atom. The molecule has 1 aromatic carbocycles. The molecular weight excluding hydrogens is 196 g/mol. The Kier molecular flexibility index (Phi) is 4.53. The highest BCUT2D eigenvalue weighted by atomic mass is 19.1. The molecule has 84 valence electrons. The molecule has 0 fully saturated rings. The number of benzene rings is 1. The molecule has 0 atom stereocenters. The normalized spacial score (nSPS) is 10.7. The molecule has 1 aromatic rings. The molecule has 1 nitrogen and oxygen atoms in total. The zero-order valence-corrected chi connectivity index (χ0v) is 9.19. The number of halogens is 2. The number of rotatable bonds is 5. The van der Waals surface area contributed by atoms with Gasteiger partial charge >= 0.3 is 0 Å². The van der Waals surface area contributed by atoms with E-state index in [1.54, 1.807) is 0 Å². The second-order valence-corrected chi connectivity index (χ2v) is 4.09. The summed E-state index contributed by atoms with van der Waals surface area (Å²) in [6.07, 6.45) is 2.10. The van der Waals surface area contributed by atoms with Gasteiger partial charge in [0.15, 0.2) is 0 Å². The van der Waals surface area contributed by atoms with Gasteiger partial charge in [-0.05, 0) is 30.9 Å². The summed E-state index contributed by atoms with van der Waals surface area (Å²) >= 11 is 0. The van der Waals surface area contributed by atoms with E-state index in [1.165, 1.54) is 12.1 Å². The molecule has 0 amide bonds. The van der Waals surface area contributed by atoms with Crippen LogP contribution in [-0.4, -0.2) is 6.54 Å². The lowest BCUT2D eigenvalue weighted by molar-refractivity contribution is 0.563. The number of hydrogen-bond acceptors (Lipinski definition) is 1. The highest BCUT2D eigenvalue weighted by Gasteiger charge is 2.02. The quantitative estimate of drug-likeness (QED) is 0.733. The molecule has 0 radical (unpaired) electrons. The van der Waals surface area contributed by atoms with Crippen LogP contribution in [0.3, 0.4) is 0 Å². The molecule has 1 rings (SSSR count). The summed E-state index contributed by atoms with van der Waals surface area (Å²) in [7, 11) is 0. The van der Waals surface area contributed by atoms with Crippen molar-refractivity contribution in [2.24, 2.45) is 5.92 Å². The minimum Gasteiger partial charge on any atom is -0.383 e. The van der Waals surface area contributed by atoms with Crippen LogP contribution in [-0.2, 0) is 0 Å². The maximum Gasteiger partial charge on any atom is 0.149 e. The van der Waals surface area contributed by atoms with Crippen LogP contribution in [0.15, 0.2) is 18.2 Å². The average molecular weight is 213 g/mol. The van der Waals surface area contributed by atoms with Gasteiger partial charge in [-0.1, -0.05) is 13.8 Å². The van der Waals surface area contributed by atoms with Crippen molar-refractivity contribution in [3.05, 3.63) is 29.8 Å². The third-order valence-corrected chi connectivity index (χ3v) is 2.20. The Morgan fingerprint density at radius 2 is 2.00 bits per heavy atom. The molecule has 0 aliphatic heterocycles. The van der Waals surface area contributed by atoms with Crippen LogP contribution in [0.5, 0.6) is 0 Å². The van der Waals surface area contributed by atoms with Crippen molar-refractivity contribution in [2.45, 2.75) is 26.7 Å². The van der Waals surface area contributed by atoms with Gasteiger partial charge in [0, 0.05) is 12.6 Å². The first kappa shape index (κ1) is 12.0. The maximum atomic E-state index is 13.1. The Bertz CT molecular complexity index is 310. The molecule has 0 saturated heterocycles. The lowest BCUT2D eigenvalue weighted by Crippen LogP contribution is -2.04. The van der Waals surface area contributed by atoms with Gasteiger partial charge in [-0.15, -0.1) is 0 Å². The van der Waals surface area contributed by atoms with Crippen molar-refractivity contribution in [3.8, 4) is 0 Å². The summed E-state index contributed by atoms with van der Waals surface area (Å²) in [6.45, 7) is 5.03. The Balaban J connectivity index is 2.37. The van der Waals surface area contributed by atoms with Gasteiger partial charge < -0.3 is 5.32 Å². The fraction of sp³-hybridized carbons (Fsp3) is 0.500. The first-order chi connectivity index (χ1) is 7.09. The first-order valence-corrected chi connectivity index (χ1v) is 5.28. The molecule has 0 spiro atoms. The Hall–Kier alpha value is -1.12. The van der Waals surface area contributed by atoms with E-state index in [2.05, 4.69) is 19.2 Å². The van der Waals surface area contributed by atoms with Crippen LogP contribution in [0.2, 0.25) is 0 Å². The number of anilines is 1. The lowest BCUT2D eigenvalue weighted by Gasteiger charge is -2.08. The van der Waals surface area contributed by atoms with Crippen LogP contribution in [0.1, 0.15) is 26.7 Å². The largest absolute Gasteiger partial charge is 0.383 e. The van der Waals surface area contributed by atoms with Gasteiger partial charge in [0.25, 0.3) is 0 Å². The zero-order chi connectivity index (χ0) is 11.3. The van der Waals surface area contributed by atoms with E-state index in [0.29, 0.717) is 11.6 Å².